The Morgan fingerprint density at radius 2 is 2.14 bits per heavy atom. The summed E-state index contributed by atoms with van der Waals surface area (Å²) in [6.45, 7) is 5.69. The zero-order valence-electron chi connectivity index (χ0n) is 12.4. The fourth-order valence-corrected chi connectivity index (χ4v) is 2.91. The van der Waals surface area contributed by atoms with Crippen LogP contribution in [0.15, 0.2) is 23.8 Å². The standard InChI is InChI=1S/C14H17N5O2S/c1-9-6-19(7-10(2)21-9)12-4-3-11(5-15-12)13(20)17-14-18-16-8-22-14/h3-5,8-10H,6-7H2,1-2H3,(H,17,18,20). The number of pyridine rings is 1. The van der Waals surface area contributed by atoms with Crippen molar-refractivity contribution in [2.24, 2.45) is 0 Å². The molecule has 1 aliphatic heterocycles. The molecular weight excluding hydrogens is 302 g/mol. The van der Waals surface area contributed by atoms with Gasteiger partial charge in [0.05, 0.1) is 17.8 Å². The summed E-state index contributed by atoms with van der Waals surface area (Å²) in [5.74, 6) is 0.619. The Morgan fingerprint density at radius 3 is 2.73 bits per heavy atom. The fourth-order valence-electron chi connectivity index (χ4n) is 2.47. The average molecular weight is 319 g/mol. The molecule has 2 unspecified atom stereocenters. The summed E-state index contributed by atoms with van der Waals surface area (Å²) in [7, 11) is 0. The molecule has 2 aromatic rings. The molecular formula is C14H17N5O2S. The van der Waals surface area contributed by atoms with Crippen LogP contribution < -0.4 is 10.2 Å². The highest BCUT2D eigenvalue weighted by Gasteiger charge is 2.23. The van der Waals surface area contributed by atoms with Gasteiger partial charge in [0.25, 0.3) is 5.91 Å². The number of hydrogen-bond donors (Lipinski definition) is 1. The van der Waals surface area contributed by atoms with Crippen molar-refractivity contribution in [3.05, 3.63) is 29.4 Å². The Bertz CT molecular complexity index is 621. The lowest BCUT2D eigenvalue weighted by Crippen LogP contribution is -2.45. The molecule has 1 aliphatic rings. The number of amides is 1. The molecule has 22 heavy (non-hydrogen) atoms. The number of anilines is 2. The van der Waals surface area contributed by atoms with E-state index in [9.17, 15) is 4.79 Å². The summed E-state index contributed by atoms with van der Waals surface area (Å²) < 4.78 is 5.71. The van der Waals surface area contributed by atoms with Gasteiger partial charge in [0.15, 0.2) is 0 Å². The molecule has 0 bridgehead atoms. The van der Waals surface area contributed by atoms with Crippen molar-refractivity contribution < 1.29 is 9.53 Å². The maximum Gasteiger partial charge on any atom is 0.259 e. The smallest absolute Gasteiger partial charge is 0.259 e. The second-order valence-electron chi connectivity index (χ2n) is 5.27. The molecule has 116 valence electrons. The average Bonchev–Trinajstić information content (AvgIpc) is 2.99. The van der Waals surface area contributed by atoms with E-state index in [1.807, 2.05) is 19.9 Å². The van der Waals surface area contributed by atoms with Gasteiger partial charge < -0.3 is 9.64 Å². The number of morpholine rings is 1. The Morgan fingerprint density at radius 1 is 1.36 bits per heavy atom. The molecule has 3 heterocycles. The van der Waals surface area contributed by atoms with Crippen LogP contribution in [0.2, 0.25) is 0 Å². The van der Waals surface area contributed by atoms with E-state index in [1.165, 1.54) is 11.3 Å². The van der Waals surface area contributed by atoms with E-state index in [0.717, 1.165) is 18.9 Å². The van der Waals surface area contributed by atoms with Gasteiger partial charge in [-0.2, -0.15) is 0 Å². The number of carbonyl (C=O) groups is 1. The Hall–Kier alpha value is -2.06. The summed E-state index contributed by atoms with van der Waals surface area (Å²) in [6, 6.07) is 3.63. The lowest BCUT2D eigenvalue weighted by Gasteiger charge is -2.36. The van der Waals surface area contributed by atoms with Crippen molar-refractivity contribution in [2.45, 2.75) is 26.1 Å². The van der Waals surface area contributed by atoms with Gasteiger partial charge in [-0.25, -0.2) is 4.98 Å². The zero-order chi connectivity index (χ0) is 15.5. The van der Waals surface area contributed by atoms with Crippen molar-refractivity contribution in [1.82, 2.24) is 15.2 Å². The molecule has 1 N–H and O–H groups in total. The predicted octanol–water partition coefficient (Wildman–Crippen LogP) is 1.80. The second-order valence-corrected chi connectivity index (χ2v) is 6.10. The van der Waals surface area contributed by atoms with E-state index < -0.39 is 0 Å². The maximum absolute atomic E-state index is 12.1. The van der Waals surface area contributed by atoms with Crippen LogP contribution in [0, 0.1) is 0 Å². The Kier molecular flexibility index (Phi) is 4.30. The van der Waals surface area contributed by atoms with Gasteiger partial charge in [-0.05, 0) is 26.0 Å². The first-order valence-electron chi connectivity index (χ1n) is 7.06. The molecule has 0 aromatic carbocycles. The summed E-state index contributed by atoms with van der Waals surface area (Å²) in [6.07, 6.45) is 1.92. The minimum absolute atomic E-state index is 0.172. The number of hydrogen-bond acceptors (Lipinski definition) is 7. The van der Waals surface area contributed by atoms with Crippen molar-refractivity contribution in [3.8, 4) is 0 Å². The van der Waals surface area contributed by atoms with E-state index in [4.69, 9.17) is 4.74 Å². The molecule has 3 rings (SSSR count). The fraction of sp³-hybridized carbons (Fsp3) is 0.429. The van der Waals surface area contributed by atoms with E-state index in [0.29, 0.717) is 10.7 Å². The molecule has 0 spiro atoms. The molecule has 1 saturated heterocycles. The van der Waals surface area contributed by atoms with Gasteiger partial charge in [0.2, 0.25) is 5.13 Å². The van der Waals surface area contributed by atoms with Crippen molar-refractivity contribution in [1.29, 1.82) is 0 Å². The van der Waals surface area contributed by atoms with Gasteiger partial charge in [-0.15, -0.1) is 10.2 Å². The highest BCUT2D eigenvalue weighted by Crippen LogP contribution is 2.19. The van der Waals surface area contributed by atoms with Crippen molar-refractivity contribution >= 4 is 28.2 Å². The first-order valence-corrected chi connectivity index (χ1v) is 7.94. The first-order chi connectivity index (χ1) is 10.6. The molecule has 2 atom stereocenters. The monoisotopic (exact) mass is 319 g/mol. The van der Waals surface area contributed by atoms with Crippen LogP contribution in [-0.2, 0) is 4.74 Å². The topological polar surface area (TPSA) is 80.2 Å². The molecule has 8 heteroatoms. The van der Waals surface area contributed by atoms with E-state index in [1.54, 1.807) is 17.8 Å². The third-order valence-electron chi connectivity index (χ3n) is 3.33. The summed E-state index contributed by atoms with van der Waals surface area (Å²) in [4.78, 5) is 18.6. The minimum atomic E-state index is -0.237. The van der Waals surface area contributed by atoms with Gasteiger partial charge in [-0.1, -0.05) is 11.3 Å². The highest BCUT2D eigenvalue weighted by atomic mass is 32.1. The second kappa shape index (κ2) is 6.37. The number of ether oxygens (including phenoxy) is 1. The normalized spacial score (nSPS) is 21.6. The summed E-state index contributed by atoms with van der Waals surface area (Å²) in [5, 5.41) is 10.6. The van der Waals surface area contributed by atoms with Crippen LogP contribution in [0.1, 0.15) is 24.2 Å². The van der Waals surface area contributed by atoms with E-state index >= 15 is 0 Å². The highest BCUT2D eigenvalue weighted by molar-refractivity contribution is 7.13. The number of rotatable bonds is 3. The number of nitrogens with zero attached hydrogens (tertiary/aromatic N) is 4. The van der Waals surface area contributed by atoms with E-state index in [-0.39, 0.29) is 18.1 Å². The Labute approximate surface area is 132 Å². The minimum Gasteiger partial charge on any atom is -0.372 e. The molecule has 0 saturated carbocycles. The van der Waals surface area contributed by atoms with Crippen LogP contribution >= 0.6 is 11.3 Å². The van der Waals surface area contributed by atoms with Crippen molar-refractivity contribution in [2.75, 3.05) is 23.3 Å². The molecule has 1 fully saturated rings. The number of aromatic nitrogens is 3. The van der Waals surface area contributed by atoms with Gasteiger partial charge in [0.1, 0.15) is 11.3 Å². The Balaban J connectivity index is 1.68. The molecule has 1 amide bonds. The van der Waals surface area contributed by atoms with Gasteiger partial charge >= 0.3 is 0 Å². The van der Waals surface area contributed by atoms with Crippen LogP contribution in [0.4, 0.5) is 10.9 Å². The number of carbonyl (C=O) groups excluding carboxylic acids is 1. The quantitative estimate of drug-likeness (QED) is 0.929. The van der Waals surface area contributed by atoms with Gasteiger partial charge in [-0.3, -0.25) is 10.1 Å². The van der Waals surface area contributed by atoms with Gasteiger partial charge in [0, 0.05) is 19.3 Å². The third-order valence-corrected chi connectivity index (χ3v) is 3.94. The SMILES string of the molecule is CC1CN(c2ccc(C(=O)Nc3nncs3)cn2)CC(C)O1. The van der Waals surface area contributed by atoms with Crippen LogP contribution in [0.5, 0.6) is 0 Å². The third kappa shape index (κ3) is 3.40. The van der Waals surface area contributed by atoms with Crippen LogP contribution in [-0.4, -0.2) is 46.4 Å². The molecule has 2 aromatic heterocycles. The van der Waals surface area contributed by atoms with Crippen LogP contribution in [0.3, 0.4) is 0 Å². The molecule has 0 radical (unpaired) electrons. The maximum atomic E-state index is 12.1. The van der Waals surface area contributed by atoms with Crippen molar-refractivity contribution in [3.63, 3.8) is 0 Å². The molecule has 7 nitrogen and oxygen atoms in total. The number of nitrogens with one attached hydrogen (secondary N) is 1. The largest absolute Gasteiger partial charge is 0.372 e. The predicted molar refractivity (Wildman–Crippen MR) is 84.3 cm³/mol. The van der Waals surface area contributed by atoms with Crippen LogP contribution in [0.25, 0.3) is 0 Å². The summed E-state index contributed by atoms with van der Waals surface area (Å²) >= 11 is 1.28. The zero-order valence-corrected chi connectivity index (χ0v) is 13.2. The summed E-state index contributed by atoms with van der Waals surface area (Å²) in [5.41, 5.74) is 2.06. The lowest BCUT2D eigenvalue weighted by molar-refractivity contribution is -0.00546. The first kappa shape index (κ1) is 14.9. The molecule has 0 aliphatic carbocycles. The lowest BCUT2D eigenvalue weighted by atomic mass is 10.2. The van der Waals surface area contributed by atoms with E-state index in [2.05, 4.69) is 25.4 Å².